The first-order chi connectivity index (χ1) is 10.0. The number of nitrogens with zero attached hydrogens (tertiary/aromatic N) is 3. The molecule has 0 aromatic carbocycles. The Balaban J connectivity index is 2.40. The first kappa shape index (κ1) is 15.5. The van der Waals surface area contributed by atoms with E-state index in [0.29, 0.717) is 12.2 Å². The van der Waals surface area contributed by atoms with Crippen molar-refractivity contribution >= 4 is 11.5 Å². The lowest BCUT2D eigenvalue weighted by atomic mass is 10.3. The van der Waals surface area contributed by atoms with Gasteiger partial charge in [-0.15, -0.1) is 0 Å². The summed E-state index contributed by atoms with van der Waals surface area (Å²) in [5, 5.41) is 14.4. The highest BCUT2D eigenvalue weighted by Gasteiger charge is 2.29. The lowest BCUT2D eigenvalue weighted by molar-refractivity contribution is -0.385. The zero-order valence-corrected chi connectivity index (χ0v) is 12.8. The Kier molecular flexibility index (Phi) is 4.93. The number of rotatable bonds is 6. The van der Waals surface area contributed by atoms with Crippen molar-refractivity contribution < 1.29 is 9.66 Å². The van der Waals surface area contributed by atoms with Gasteiger partial charge in [0, 0.05) is 12.5 Å². The molecule has 0 amide bonds. The molecule has 116 valence electrons. The molecule has 2 rings (SSSR count). The second-order valence-corrected chi connectivity index (χ2v) is 5.58. The van der Waals surface area contributed by atoms with Gasteiger partial charge in [-0.05, 0) is 39.5 Å². The molecule has 0 radical (unpaired) electrons. The van der Waals surface area contributed by atoms with Crippen molar-refractivity contribution in [3.05, 3.63) is 15.9 Å². The van der Waals surface area contributed by atoms with E-state index < -0.39 is 4.92 Å². The van der Waals surface area contributed by atoms with Crippen molar-refractivity contribution in [2.75, 3.05) is 5.32 Å². The van der Waals surface area contributed by atoms with E-state index in [4.69, 9.17) is 4.74 Å². The summed E-state index contributed by atoms with van der Waals surface area (Å²) >= 11 is 0. The van der Waals surface area contributed by atoms with Crippen LogP contribution in [-0.4, -0.2) is 27.0 Å². The maximum absolute atomic E-state index is 11.4. The summed E-state index contributed by atoms with van der Waals surface area (Å²) in [6, 6.07) is 0.0441. The molecule has 0 spiro atoms. The molecule has 7 heteroatoms. The van der Waals surface area contributed by atoms with Crippen LogP contribution in [0.25, 0.3) is 0 Å². The smallest absolute Gasteiger partial charge is 0.372 e. The minimum atomic E-state index is -0.464. The summed E-state index contributed by atoms with van der Waals surface area (Å²) < 4.78 is 5.80. The minimum absolute atomic E-state index is 0.0233. The van der Waals surface area contributed by atoms with Crippen LogP contribution in [0.3, 0.4) is 0 Å². The minimum Gasteiger partial charge on any atom is -0.469 e. The number of nitrogens with one attached hydrogen (secondary N) is 1. The highest BCUT2D eigenvalue weighted by Crippen LogP contribution is 2.35. The molecule has 0 atom stereocenters. The van der Waals surface area contributed by atoms with Gasteiger partial charge in [0.25, 0.3) is 5.88 Å². The normalized spacial score (nSPS) is 15.4. The molecule has 0 aliphatic heterocycles. The molecule has 0 saturated heterocycles. The molecule has 1 saturated carbocycles. The fourth-order valence-corrected chi connectivity index (χ4v) is 2.42. The van der Waals surface area contributed by atoms with Crippen molar-refractivity contribution in [2.24, 2.45) is 0 Å². The van der Waals surface area contributed by atoms with Crippen LogP contribution in [0.4, 0.5) is 11.5 Å². The van der Waals surface area contributed by atoms with Gasteiger partial charge in [-0.1, -0.05) is 6.92 Å². The number of hydrogen-bond acceptors (Lipinski definition) is 6. The van der Waals surface area contributed by atoms with Crippen LogP contribution < -0.4 is 10.1 Å². The first-order valence-corrected chi connectivity index (χ1v) is 7.49. The Labute approximate surface area is 124 Å². The van der Waals surface area contributed by atoms with Gasteiger partial charge in [0.1, 0.15) is 11.9 Å². The van der Waals surface area contributed by atoms with Crippen LogP contribution in [0.15, 0.2) is 0 Å². The average Bonchev–Trinajstić information content (AvgIpc) is 2.89. The summed E-state index contributed by atoms with van der Waals surface area (Å²) in [4.78, 5) is 19.4. The SMILES string of the molecule is CCc1nc(NC(C)C)c([N+](=O)[O-])c(OC2CCCC2)n1. The predicted molar refractivity (Wildman–Crippen MR) is 79.7 cm³/mol. The largest absolute Gasteiger partial charge is 0.469 e. The Bertz CT molecular complexity index is 513. The molecule has 1 heterocycles. The third-order valence-corrected chi connectivity index (χ3v) is 3.40. The van der Waals surface area contributed by atoms with Crippen LogP contribution in [0.2, 0.25) is 0 Å². The maximum Gasteiger partial charge on any atom is 0.372 e. The molecule has 1 aromatic heterocycles. The third kappa shape index (κ3) is 3.80. The second-order valence-electron chi connectivity index (χ2n) is 5.58. The quantitative estimate of drug-likeness (QED) is 0.640. The molecule has 0 unspecified atom stereocenters. The van der Waals surface area contributed by atoms with Crippen molar-refractivity contribution in [1.82, 2.24) is 9.97 Å². The van der Waals surface area contributed by atoms with Crippen LogP contribution in [0.1, 0.15) is 52.3 Å². The second kappa shape index (κ2) is 6.69. The fraction of sp³-hybridized carbons (Fsp3) is 0.714. The number of anilines is 1. The van der Waals surface area contributed by atoms with Gasteiger partial charge in [0.15, 0.2) is 0 Å². The molecule has 1 aliphatic rings. The van der Waals surface area contributed by atoms with Gasteiger partial charge >= 0.3 is 5.69 Å². The van der Waals surface area contributed by atoms with Crippen molar-refractivity contribution in [1.29, 1.82) is 0 Å². The van der Waals surface area contributed by atoms with Crippen LogP contribution >= 0.6 is 0 Å². The highest BCUT2D eigenvalue weighted by molar-refractivity contribution is 5.62. The Hall–Kier alpha value is -1.92. The number of aryl methyl sites for hydroxylation is 1. The van der Waals surface area contributed by atoms with Gasteiger partial charge in [-0.2, -0.15) is 4.98 Å². The fourth-order valence-electron chi connectivity index (χ4n) is 2.42. The van der Waals surface area contributed by atoms with E-state index in [-0.39, 0.29) is 29.5 Å². The maximum atomic E-state index is 11.4. The van der Waals surface area contributed by atoms with Crippen molar-refractivity contribution in [2.45, 2.75) is 65.0 Å². The summed E-state index contributed by atoms with van der Waals surface area (Å²) in [6.45, 7) is 5.74. The average molecular weight is 294 g/mol. The van der Waals surface area contributed by atoms with Gasteiger partial charge in [-0.3, -0.25) is 10.1 Å². The summed E-state index contributed by atoms with van der Waals surface area (Å²) in [7, 11) is 0. The molecular weight excluding hydrogens is 272 g/mol. The van der Waals surface area contributed by atoms with E-state index in [9.17, 15) is 10.1 Å². The number of hydrogen-bond donors (Lipinski definition) is 1. The predicted octanol–water partition coefficient (Wildman–Crippen LogP) is 3.09. The monoisotopic (exact) mass is 294 g/mol. The summed E-state index contributed by atoms with van der Waals surface area (Å²) in [6.07, 6.45) is 4.68. The molecule has 1 fully saturated rings. The zero-order valence-electron chi connectivity index (χ0n) is 12.8. The van der Waals surface area contributed by atoms with Gasteiger partial charge in [0.05, 0.1) is 4.92 Å². The van der Waals surface area contributed by atoms with Crippen LogP contribution in [0.5, 0.6) is 5.88 Å². The summed E-state index contributed by atoms with van der Waals surface area (Å²) in [5.74, 6) is 0.897. The van der Waals surface area contributed by atoms with E-state index in [1.54, 1.807) is 0 Å². The third-order valence-electron chi connectivity index (χ3n) is 3.40. The van der Waals surface area contributed by atoms with E-state index >= 15 is 0 Å². The van der Waals surface area contributed by atoms with E-state index in [1.807, 2.05) is 20.8 Å². The molecule has 0 bridgehead atoms. The highest BCUT2D eigenvalue weighted by atomic mass is 16.6. The number of nitro groups is 1. The summed E-state index contributed by atoms with van der Waals surface area (Å²) in [5.41, 5.74) is -0.159. The topological polar surface area (TPSA) is 90.2 Å². The Morgan fingerprint density at radius 3 is 2.57 bits per heavy atom. The molecule has 7 nitrogen and oxygen atoms in total. The molecule has 1 aliphatic carbocycles. The van der Waals surface area contributed by atoms with Gasteiger partial charge in [0.2, 0.25) is 5.82 Å². The van der Waals surface area contributed by atoms with E-state index in [2.05, 4.69) is 15.3 Å². The molecule has 1 aromatic rings. The van der Waals surface area contributed by atoms with Gasteiger partial charge in [-0.25, -0.2) is 4.98 Å². The lowest BCUT2D eigenvalue weighted by Crippen LogP contribution is -2.18. The van der Waals surface area contributed by atoms with E-state index in [0.717, 1.165) is 25.7 Å². The van der Waals surface area contributed by atoms with Crippen LogP contribution in [-0.2, 0) is 6.42 Å². The number of aromatic nitrogens is 2. The van der Waals surface area contributed by atoms with Crippen molar-refractivity contribution in [3.8, 4) is 5.88 Å². The van der Waals surface area contributed by atoms with Crippen molar-refractivity contribution in [3.63, 3.8) is 0 Å². The number of ether oxygens (including phenoxy) is 1. The first-order valence-electron chi connectivity index (χ1n) is 7.49. The lowest BCUT2D eigenvalue weighted by Gasteiger charge is -2.16. The molecule has 21 heavy (non-hydrogen) atoms. The Morgan fingerprint density at radius 1 is 1.38 bits per heavy atom. The van der Waals surface area contributed by atoms with E-state index in [1.165, 1.54) is 0 Å². The Morgan fingerprint density at radius 2 is 2.05 bits per heavy atom. The zero-order chi connectivity index (χ0) is 15.4. The van der Waals surface area contributed by atoms with Gasteiger partial charge < -0.3 is 10.1 Å². The standard InChI is InChI=1S/C14H22N4O3/c1-4-11-16-13(15-9(2)3)12(18(19)20)14(17-11)21-10-7-5-6-8-10/h9-10H,4-8H2,1-3H3,(H,15,16,17). The molecular formula is C14H22N4O3. The molecule has 1 N–H and O–H groups in total. The van der Waals surface area contributed by atoms with Crippen LogP contribution in [0, 0.1) is 10.1 Å².